The van der Waals surface area contributed by atoms with E-state index in [2.05, 4.69) is 4.98 Å². The SMILES string of the molecule is CC(C)(C)OC(=O)N(CCCc1nc(CN2C(=O)c3ccccc3C2=O)co1)CCCN(C(=O)OC(C)(C)C)C1CCCCC1. The van der Waals surface area contributed by atoms with E-state index in [9.17, 15) is 19.2 Å². The zero-order valence-corrected chi connectivity index (χ0v) is 27.6. The minimum atomic E-state index is -0.651. The maximum Gasteiger partial charge on any atom is 0.410 e. The van der Waals surface area contributed by atoms with Crippen LogP contribution in [-0.2, 0) is 22.4 Å². The second-order valence-corrected chi connectivity index (χ2v) is 13.9. The van der Waals surface area contributed by atoms with Crippen molar-refractivity contribution >= 4 is 24.0 Å². The Kier molecular flexibility index (Phi) is 10.9. The van der Waals surface area contributed by atoms with Gasteiger partial charge in [0.25, 0.3) is 11.8 Å². The van der Waals surface area contributed by atoms with Crippen LogP contribution in [0, 0.1) is 0 Å². The van der Waals surface area contributed by atoms with Crippen molar-refractivity contribution in [1.82, 2.24) is 19.7 Å². The fraction of sp³-hybridized carbons (Fsp3) is 0.618. The largest absolute Gasteiger partial charge is 0.449 e. The monoisotopic (exact) mass is 624 g/mol. The number of hydrogen-bond acceptors (Lipinski definition) is 8. The summed E-state index contributed by atoms with van der Waals surface area (Å²) in [6.07, 6.45) is 7.61. The number of nitrogens with zero attached hydrogens (tertiary/aromatic N) is 4. The highest BCUT2D eigenvalue weighted by atomic mass is 16.6. The smallest absolute Gasteiger partial charge is 0.410 e. The van der Waals surface area contributed by atoms with Gasteiger partial charge < -0.3 is 23.7 Å². The lowest BCUT2D eigenvalue weighted by atomic mass is 9.94. The summed E-state index contributed by atoms with van der Waals surface area (Å²) in [6.45, 7) is 12.4. The molecule has 0 spiro atoms. The summed E-state index contributed by atoms with van der Waals surface area (Å²) in [5, 5.41) is 0. The lowest BCUT2D eigenvalue weighted by Crippen LogP contribution is -2.46. The molecule has 1 aliphatic carbocycles. The number of carbonyl (C=O) groups excluding carboxylic acids is 4. The van der Waals surface area contributed by atoms with Gasteiger partial charge in [0.05, 0.1) is 23.4 Å². The van der Waals surface area contributed by atoms with Gasteiger partial charge in [0.1, 0.15) is 17.5 Å². The Bertz CT molecular complexity index is 1320. The van der Waals surface area contributed by atoms with Crippen LogP contribution < -0.4 is 0 Å². The first kappa shape index (κ1) is 34.0. The molecule has 1 aromatic carbocycles. The van der Waals surface area contributed by atoms with E-state index in [0.29, 0.717) is 61.6 Å². The number of aryl methyl sites for hydroxylation is 1. The van der Waals surface area contributed by atoms with Crippen molar-refractivity contribution in [2.24, 2.45) is 0 Å². The molecule has 11 heteroatoms. The van der Waals surface area contributed by atoms with Gasteiger partial charge in [0.15, 0.2) is 5.89 Å². The van der Waals surface area contributed by atoms with Crippen LogP contribution in [0.2, 0.25) is 0 Å². The molecule has 45 heavy (non-hydrogen) atoms. The molecule has 4 rings (SSSR count). The Labute approximate surface area is 266 Å². The number of imide groups is 1. The van der Waals surface area contributed by atoms with Gasteiger partial charge in [-0.15, -0.1) is 0 Å². The van der Waals surface area contributed by atoms with Gasteiger partial charge in [-0.2, -0.15) is 0 Å². The Hall–Kier alpha value is -3.89. The van der Waals surface area contributed by atoms with Crippen LogP contribution in [0.25, 0.3) is 0 Å². The van der Waals surface area contributed by atoms with Crippen molar-refractivity contribution in [2.75, 3.05) is 19.6 Å². The molecule has 0 atom stereocenters. The Morgan fingerprint density at radius 2 is 1.44 bits per heavy atom. The Morgan fingerprint density at radius 3 is 2.04 bits per heavy atom. The molecule has 2 aliphatic rings. The minimum Gasteiger partial charge on any atom is -0.449 e. The Morgan fingerprint density at radius 1 is 0.867 bits per heavy atom. The summed E-state index contributed by atoms with van der Waals surface area (Å²) in [6, 6.07) is 6.89. The number of carbonyl (C=O) groups is 4. The molecular weight excluding hydrogens is 576 g/mol. The van der Waals surface area contributed by atoms with Gasteiger partial charge in [-0.05, 0) is 79.4 Å². The van der Waals surface area contributed by atoms with Gasteiger partial charge in [-0.1, -0.05) is 31.4 Å². The molecule has 2 aromatic rings. The molecular formula is C34H48N4O7. The number of ether oxygens (including phenoxy) is 2. The fourth-order valence-corrected chi connectivity index (χ4v) is 5.69. The fourth-order valence-electron chi connectivity index (χ4n) is 5.69. The van der Waals surface area contributed by atoms with Crippen molar-refractivity contribution < 1.29 is 33.1 Å². The summed E-state index contributed by atoms with van der Waals surface area (Å²) >= 11 is 0. The van der Waals surface area contributed by atoms with Crippen molar-refractivity contribution in [3.05, 3.63) is 53.2 Å². The number of aromatic nitrogens is 1. The molecule has 1 fully saturated rings. The van der Waals surface area contributed by atoms with Crippen molar-refractivity contribution in [3.8, 4) is 0 Å². The van der Waals surface area contributed by atoms with Crippen LogP contribution in [0.5, 0.6) is 0 Å². The van der Waals surface area contributed by atoms with Gasteiger partial charge in [0, 0.05) is 32.1 Å². The average molecular weight is 625 g/mol. The molecule has 0 unspecified atom stereocenters. The molecule has 4 amide bonds. The van der Waals surface area contributed by atoms with Crippen molar-refractivity contribution in [2.45, 2.75) is 117 Å². The molecule has 0 radical (unpaired) electrons. The van der Waals surface area contributed by atoms with E-state index < -0.39 is 17.3 Å². The summed E-state index contributed by atoms with van der Waals surface area (Å²) in [5.41, 5.74) is 0.0227. The van der Waals surface area contributed by atoms with Crippen LogP contribution in [0.15, 0.2) is 34.9 Å². The van der Waals surface area contributed by atoms with E-state index in [1.807, 2.05) is 46.4 Å². The summed E-state index contributed by atoms with van der Waals surface area (Å²) in [5.74, 6) is -0.233. The minimum absolute atomic E-state index is 0.0228. The van der Waals surface area contributed by atoms with Gasteiger partial charge in [0.2, 0.25) is 0 Å². The topological polar surface area (TPSA) is 122 Å². The first-order chi connectivity index (χ1) is 21.2. The Balaban J connectivity index is 1.33. The predicted molar refractivity (Wildman–Crippen MR) is 168 cm³/mol. The zero-order valence-electron chi connectivity index (χ0n) is 27.6. The number of benzene rings is 1. The van der Waals surface area contributed by atoms with Gasteiger partial charge in [-0.25, -0.2) is 14.6 Å². The molecule has 2 heterocycles. The predicted octanol–water partition coefficient (Wildman–Crippen LogP) is 6.60. The van der Waals surface area contributed by atoms with Crippen molar-refractivity contribution in [1.29, 1.82) is 0 Å². The maximum absolute atomic E-state index is 13.1. The quantitative estimate of drug-likeness (QED) is 0.256. The summed E-state index contributed by atoms with van der Waals surface area (Å²) in [4.78, 5) is 60.9. The second kappa shape index (κ2) is 14.5. The van der Waals surface area contributed by atoms with E-state index in [0.717, 1.165) is 25.7 Å². The van der Waals surface area contributed by atoms with E-state index in [1.165, 1.54) is 17.6 Å². The third-order valence-electron chi connectivity index (χ3n) is 7.74. The van der Waals surface area contributed by atoms with E-state index in [1.54, 1.807) is 29.2 Å². The molecule has 0 bridgehead atoms. The number of hydrogen-bond donors (Lipinski definition) is 0. The highest BCUT2D eigenvalue weighted by Crippen LogP contribution is 2.26. The van der Waals surface area contributed by atoms with Crippen LogP contribution in [0.4, 0.5) is 9.59 Å². The van der Waals surface area contributed by atoms with Crippen LogP contribution in [-0.4, -0.2) is 80.6 Å². The highest BCUT2D eigenvalue weighted by molar-refractivity contribution is 6.21. The lowest BCUT2D eigenvalue weighted by molar-refractivity contribution is 0.00992. The molecule has 246 valence electrons. The number of rotatable bonds is 11. The van der Waals surface area contributed by atoms with Crippen LogP contribution in [0.1, 0.15) is 119 Å². The molecule has 1 aromatic heterocycles. The number of oxazole rings is 1. The normalized spacial score (nSPS) is 15.6. The standard InChI is InChI=1S/C34H48N4O7/c1-33(2,3)44-31(41)36(20-13-21-37(25-14-8-7-9-15-25)32(42)45-34(4,5)6)19-12-18-28-35-24(23-43-28)22-38-29(39)26-16-10-11-17-27(26)30(38)40/h10-11,16-17,23,25H,7-9,12-15,18-22H2,1-6H3. The molecule has 1 aliphatic heterocycles. The molecule has 1 saturated carbocycles. The first-order valence-corrected chi connectivity index (χ1v) is 16.1. The van der Waals surface area contributed by atoms with Crippen LogP contribution >= 0.6 is 0 Å². The van der Waals surface area contributed by atoms with E-state index in [-0.39, 0.29) is 30.5 Å². The zero-order chi connectivity index (χ0) is 32.8. The summed E-state index contributed by atoms with van der Waals surface area (Å²) in [7, 11) is 0. The van der Waals surface area contributed by atoms with E-state index >= 15 is 0 Å². The number of amides is 4. The lowest BCUT2D eigenvalue weighted by Gasteiger charge is -2.36. The molecule has 11 nitrogen and oxygen atoms in total. The molecule has 0 N–H and O–H groups in total. The second-order valence-electron chi connectivity index (χ2n) is 13.9. The van der Waals surface area contributed by atoms with Gasteiger partial charge in [-0.3, -0.25) is 14.5 Å². The third kappa shape index (κ3) is 9.55. The highest BCUT2D eigenvalue weighted by Gasteiger charge is 2.35. The first-order valence-electron chi connectivity index (χ1n) is 16.1. The van der Waals surface area contributed by atoms with Gasteiger partial charge >= 0.3 is 12.2 Å². The summed E-state index contributed by atoms with van der Waals surface area (Å²) < 4.78 is 17.1. The average Bonchev–Trinajstić information content (AvgIpc) is 3.51. The maximum atomic E-state index is 13.1. The number of fused-ring (bicyclic) bond motifs is 1. The van der Waals surface area contributed by atoms with Crippen molar-refractivity contribution in [3.63, 3.8) is 0 Å². The third-order valence-corrected chi connectivity index (χ3v) is 7.74. The van der Waals surface area contributed by atoms with Crippen LogP contribution in [0.3, 0.4) is 0 Å². The molecule has 0 saturated heterocycles. The van der Waals surface area contributed by atoms with E-state index in [4.69, 9.17) is 13.9 Å².